The van der Waals surface area contributed by atoms with Gasteiger partial charge in [0.2, 0.25) is 0 Å². The number of thiophene rings is 1. The van der Waals surface area contributed by atoms with E-state index in [1.807, 2.05) is 0 Å². The zero-order valence-corrected chi connectivity index (χ0v) is 29.8. The van der Waals surface area contributed by atoms with Crippen LogP contribution >= 0.6 is 11.3 Å². The average Bonchev–Trinajstić information content (AvgIpc) is 1.89. The Morgan fingerprint density at radius 3 is 1.60 bits per heavy atom. The lowest BCUT2D eigenvalue weighted by Crippen LogP contribution is -1.97. The Kier molecular flexibility index (Phi) is 3.58. The molecule has 0 spiro atoms. The number of aromatic nitrogens is 2. The summed E-state index contributed by atoms with van der Waals surface area (Å²) in [5.41, 5.74) is -3.69. The Bertz CT molecular complexity index is 4960. The molecule has 0 N–H and O–H groups in total. The molecule has 0 aliphatic heterocycles. The first-order valence-electron chi connectivity index (χ1n) is 30.0. The SMILES string of the molecule is [2H]c1c([2H])c([2H])c(-c2c(-n3c4c([2H])c([2H])c([2H])c([2H])c4c4c([2H])c(-c5c([2H])c([2H])c6c(c5[2H])c5c([2H])c([2H])c([2H])c([2H])c5n6-c5ccccc5-c5ccccc5)c([2H])c([2H])c43)c([2H])c3c(sc4c([2H])c([2H])c([2H])c([2H])c43)c2[2H])c([2H])c1[2H]. The van der Waals surface area contributed by atoms with Gasteiger partial charge in [0.15, 0.2) is 0 Å². The highest BCUT2D eigenvalue weighted by molar-refractivity contribution is 7.25. The van der Waals surface area contributed by atoms with E-state index in [4.69, 9.17) is 17.8 Å². The van der Waals surface area contributed by atoms with Gasteiger partial charge < -0.3 is 9.13 Å². The maximum absolute atomic E-state index is 10.2. The van der Waals surface area contributed by atoms with E-state index in [1.54, 1.807) is 54.6 Å². The third-order valence-electron chi connectivity index (χ3n) is 9.82. The summed E-state index contributed by atoms with van der Waals surface area (Å²) < 4.78 is 233. The minimum Gasteiger partial charge on any atom is -0.309 e. The summed E-state index contributed by atoms with van der Waals surface area (Å²) in [4.78, 5) is 0. The van der Waals surface area contributed by atoms with Crippen molar-refractivity contribution in [1.29, 1.82) is 0 Å². The van der Waals surface area contributed by atoms with E-state index in [-0.39, 0.29) is 42.0 Å². The van der Waals surface area contributed by atoms with Gasteiger partial charge in [0.1, 0.15) is 0 Å². The minimum absolute atomic E-state index is 0.147. The zero-order chi connectivity index (χ0) is 59.2. The smallest absolute Gasteiger partial charge is 0.0652 e. The summed E-state index contributed by atoms with van der Waals surface area (Å²) in [6, 6.07) is -4.10. The molecule has 0 saturated carbocycles. The number of rotatable bonds is 5. The molecular weight excluding hydrogens is 709 g/mol. The van der Waals surface area contributed by atoms with Crippen LogP contribution in [0.15, 0.2) is 206 Å². The van der Waals surface area contributed by atoms with E-state index in [0.717, 1.165) is 4.57 Å². The fourth-order valence-electron chi connectivity index (χ4n) is 7.38. The normalized spacial score (nSPS) is 18.0. The van der Waals surface area contributed by atoms with Gasteiger partial charge in [0.25, 0.3) is 0 Å². The summed E-state index contributed by atoms with van der Waals surface area (Å²) in [6.45, 7) is 0. The first-order valence-corrected chi connectivity index (χ1v) is 18.3. The predicted octanol–water partition coefficient (Wildman–Crippen LogP) is 15.2. The Morgan fingerprint density at radius 2 is 0.895 bits per heavy atom. The van der Waals surface area contributed by atoms with Crippen molar-refractivity contribution in [3.05, 3.63) is 206 Å². The molecule has 3 heteroatoms. The second-order valence-corrected chi connectivity index (χ2v) is 14.0. The average molecular weight is 768 g/mol. The van der Waals surface area contributed by atoms with Crippen LogP contribution in [0.2, 0.25) is 0 Å². The summed E-state index contributed by atoms with van der Waals surface area (Å²) >= 11 is 0.643. The van der Waals surface area contributed by atoms with E-state index in [1.165, 1.54) is 4.57 Å². The first kappa shape index (κ1) is 16.1. The molecule has 0 bridgehead atoms. The predicted molar refractivity (Wildman–Crippen MR) is 244 cm³/mol. The van der Waals surface area contributed by atoms with Gasteiger partial charge >= 0.3 is 0 Å². The molecule has 9 aromatic carbocycles. The second kappa shape index (κ2) is 12.7. The lowest BCUT2D eigenvalue weighted by molar-refractivity contribution is 1.18. The molecule has 0 unspecified atom stereocenters. The molecule has 3 aromatic heterocycles. The summed E-state index contributed by atoms with van der Waals surface area (Å²) in [5, 5.41) is -2.34. The highest BCUT2D eigenvalue weighted by atomic mass is 32.1. The Labute approximate surface area is 368 Å². The van der Waals surface area contributed by atoms with Crippen molar-refractivity contribution < 1.29 is 34.3 Å². The molecule has 12 rings (SSSR count). The Morgan fingerprint density at radius 1 is 0.333 bits per heavy atom. The van der Waals surface area contributed by atoms with Crippen molar-refractivity contribution in [2.45, 2.75) is 0 Å². The number of hydrogen-bond donors (Lipinski definition) is 0. The van der Waals surface area contributed by atoms with Crippen LogP contribution in [0.1, 0.15) is 34.3 Å². The van der Waals surface area contributed by atoms with E-state index in [9.17, 15) is 16.4 Å². The van der Waals surface area contributed by atoms with Gasteiger partial charge in [-0.1, -0.05) is 145 Å². The monoisotopic (exact) mass is 767 g/mol. The van der Waals surface area contributed by atoms with Crippen molar-refractivity contribution >= 4 is 75.1 Å². The van der Waals surface area contributed by atoms with Gasteiger partial charge in [-0.2, -0.15) is 0 Å². The highest BCUT2D eigenvalue weighted by Gasteiger charge is 2.20. The molecule has 0 saturated heterocycles. The van der Waals surface area contributed by atoms with Crippen LogP contribution in [-0.2, 0) is 0 Å². The van der Waals surface area contributed by atoms with Crippen LogP contribution < -0.4 is 0 Å². The van der Waals surface area contributed by atoms with Gasteiger partial charge in [-0.25, -0.2) is 0 Å². The molecule has 0 radical (unpaired) electrons. The van der Waals surface area contributed by atoms with Crippen LogP contribution in [0.25, 0.3) is 109 Å². The third kappa shape index (κ3) is 4.96. The van der Waals surface area contributed by atoms with Gasteiger partial charge in [0, 0.05) is 52.8 Å². The summed E-state index contributed by atoms with van der Waals surface area (Å²) in [6.07, 6.45) is 0. The Hall–Kier alpha value is -7.20. The van der Waals surface area contributed by atoms with Crippen molar-refractivity contribution in [2.24, 2.45) is 0 Å². The summed E-state index contributed by atoms with van der Waals surface area (Å²) in [5.74, 6) is 0. The zero-order valence-electron chi connectivity index (χ0n) is 54.0. The topological polar surface area (TPSA) is 9.86 Å². The van der Waals surface area contributed by atoms with Crippen LogP contribution in [0.4, 0.5) is 0 Å². The van der Waals surface area contributed by atoms with Gasteiger partial charge in [-0.15, -0.1) is 11.3 Å². The fraction of sp³-hybridized carbons (Fsp3) is 0. The number of fused-ring (bicyclic) bond motifs is 9. The lowest BCUT2D eigenvalue weighted by atomic mass is 10.00. The molecule has 0 fully saturated rings. The number of nitrogens with zero attached hydrogens (tertiary/aromatic N) is 2. The first-order chi connectivity index (χ1) is 38.7. The lowest BCUT2D eigenvalue weighted by Gasteiger charge is -2.15. The highest BCUT2D eigenvalue weighted by Crippen LogP contribution is 2.44. The molecule has 266 valence electrons. The molecule has 12 aromatic rings. The molecule has 0 amide bonds. The van der Waals surface area contributed by atoms with Gasteiger partial charge in [-0.05, 0) is 82.7 Å². The van der Waals surface area contributed by atoms with Crippen molar-refractivity contribution in [1.82, 2.24) is 9.13 Å². The van der Waals surface area contributed by atoms with E-state index >= 15 is 0 Å². The molecular formula is C54H34N2S. The largest absolute Gasteiger partial charge is 0.309 e. The van der Waals surface area contributed by atoms with Crippen LogP contribution in [-0.4, -0.2) is 9.13 Å². The van der Waals surface area contributed by atoms with Gasteiger partial charge in [-0.3, -0.25) is 0 Å². The molecule has 2 nitrogen and oxygen atoms in total. The van der Waals surface area contributed by atoms with Crippen LogP contribution in [0, 0.1) is 0 Å². The Balaban J connectivity index is 1.30. The van der Waals surface area contributed by atoms with Crippen molar-refractivity contribution in [2.75, 3.05) is 0 Å². The maximum atomic E-state index is 10.2. The van der Waals surface area contributed by atoms with Gasteiger partial charge in [0.05, 0.1) is 67.7 Å². The standard InChI is InChI=1S/C54H34N2S/c1-3-15-35(16-4-1)39-19-7-11-23-47(39)55-48-24-12-8-20-40(48)44-31-37(27-29-50(44)55)38-28-30-51-45(32-38)41-21-9-13-25-49(41)56(51)52-33-46-42-22-10-14-26-53(42)57-54(46)34-43(52)36-17-5-2-6-18-36/h1-34H/i2D,5D,6D,8D,9D,10D,12D,13D,14D,17D,18D,20D,21D,22D,24D,25D,26D,27D,28D,29D,30D,31D,32D,33D,34D. The number of para-hydroxylation sites is 3. The quantitative estimate of drug-likeness (QED) is 0.165. The van der Waals surface area contributed by atoms with Crippen LogP contribution in [0.3, 0.4) is 0 Å². The number of benzene rings is 9. The number of hydrogen-bond acceptors (Lipinski definition) is 1. The summed E-state index contributed by atoms with van der Waals surface area (Å²) in [7, 11) is 0. The third-order valence-corrected chi connectivity index (χ3v) is 10.8. The van der Waals surface area contributed by atoms with Crippen LogP contribution in [0.5, 0.6) is 0 Å². The van der Waals surface area contributed by atoms with E-state index < -0.39 is 201 Å². The minimum atomic E-state index is -0.976. The molecule has 3 heterocycles. The maximum Gasteiger partial charge on any atom is 0.0652 e. The second-order valence-electron chi connectivity index (χ2n) is 12.9. The molecule has 0 atom stereocenters. The molecule has 0 aliphatic carbocycles. The van der Waals surface area contributed by atoms with E-state index in [0.29, 0.717) is 28.2 Å². The molecule has 0 aliphatic rings. The van der Waals surface area contributed by atoms with Crippen molar-refractivity contribution in [3.63, 3.8) is 0 Å². The molecule has 57 heavy (non-hydrogen) atoms. The van der Waals surface area contributed by atoms with E-state index in [2.05, 4.69) is 0 Å². The van der Waals surface area contributed by atoms with Crippen molar-refractivity contribution in [3.8, 4) is 44.8 Å². The fourth-order valence-corrected chi connectivity index (χ4v) is 8.35.